The average molecular weight is 435 g/mol. The molecule has 1 aliphatic heterocycles. The van der Waals surface area contributed by atoms with Crippen LogP contribution in [0.2, 0.25) is 0 Å². The summed E-state index contributed by atoms with van der Waals surface area (Å²) >= 11 is 7.10. The zero-order valence-corrected chi connectivity index (χ0v) is 18.6. The predicted molar refractivity (Wildman–Crippen MR) is 117 cm³/mol. The summed E-state index contributed by atoms with van der Waals surface area (Å²) in [4.78, 5) is 27.8. The van der Waals surface area contributed by atoms with E-state index in [1.165, 1.54) is 0 Å². The van der Waals surface area contributed by atoms with Crippen LogP contribution >= 0.6 is 24.0 Å². The highest BCUT2D eigenvalue weighted by Gasteiger charge is 2.23. The molecule has 1 fully saturated rings. The fourth-order valence-electron chi connectivity index (χ4n) is 2.62. The minimum absolute atomic E-state index is 0.0766. The minimum Gasteiger partial charge on any atom is -0.444 e. The maximum Gasteiger partial charge on any atom is 0.408 e. The molecule has 1 aromatic rings. The summed E-state index contributed by atoms with van der Waals surface area (Å²) in [6.45, 7) is 7.70. The number of thioether (sulfide) groups is 1. The van der Waals surface area contributed by atoms with E-state index < -0.39 is 11.7 Å². The fraction of sp³-hybridized carbons (Fsp3) is 0.500. The number of nitrogens with one attached hydrogen (secondary N) is 1. The number of piperazine rings is 1. The van der Waals surface area contributed by atoms with E-state index in [2.05, 4.69) is 16.3 Å². The molecule has 29 heavy (non-hydrogen) atoms. The van der Waals surface area contributed by atoms with Crippen LogP contribution in [0.5, 0.6) is 0 Å². The second kappa shape index (κ2) is 10.5. The van der Waals surface area contributed by atoms with Crippen molar-refractivity contribution in [2.24, 2.45) is 0 Å². The van der Waals surface area contributed by atoms with Crippen LogP contribution in [0.1, 0.15) is 31.9 Å². The summed E-state index contributed by atoms with van der Waals surface area (Å²) < 4.78 is 5.93. The number of nitrogens with zero attached hydrogens (tertiary/aromatic N) is 3. The van der Waals surface area contributed by atoms with Gasteiger partial charge in [-0.25, -0.2) is 4.79 Å². The van der Waals surface area contributed by atoms with Crippen molar-refractivity contribution in [2.75, 3.05) is 32.7 Å². The summed E-state index contributed by atoms with van der Waals surface area (Å²) in [7, 11) is 0. The first kappa shape index (κ1) is 23.0. The lowest BCUT2D eigenvalue weighted by molar-refractivity contribution is -0.131. The van der Waals surface area contributed by atoms with E-state index in [0.29, 0.717) is 31.7 Å². The van der Waals surface area contributed by atoms with E-state index in [0.717, 1.165) is 15.6 Å². The molecule has 0 atom stereocenters. The first-order chi connectivity index (χ1) is 13.7. The Bertz CT molecular complexity index is 776. The van der Waals surface area contributed by atoms with Crippen LogP contribution in [0, 0.1) is 11.3 Å². The number of thiocarbonyl (C=S) groups is 1. The molecular formula is C20H26N4O3S2. The number of benzene rings is 1. The van der Waals surface area contributed by atoms with Crippen molar-refractivity contribution in [3.05, 3.63) is 35.4 Å². The van der Waals surface area contributed by atoms with E-state index >= 15 is 0 Å². The minimum atomic E-state index is -0.593. The van der Waals surface area contributed by atoms with E-state index in [4.69, 9.17) is 22.2 Å². The van der Waals surface area contributed by atoms with Gasteiger partial charge in [-0.05, 0) is 38.5 Å². The van der Waals surface area contributed by atoms with Gasteiger partial charge < -0.3 is 19.9 Å². The molecule has 0 aromatic heterocycles. The van der Waals surface area contributed by atoms with Crippen molar-refractivity contribution < 1.29 is 14.3 Å². The zero-order valence-electron chi connectivity index (χ0n) is 16.9. The monoisotopic (exact) mass is 434 g/mol. The SMILES string of the molecule is CC(C)(C)OC(=O)NCC(=O)N1CCN(C(=S)SCc2ccc(C#N)cc2)CC1. The summed E-state index contributed by atoms with van der Waals surface area (Å²) in [5.41, 5.74) is 1.16. The Morgan fingerprint density at radius 1 is 1.17 bits per heavy atom. The van der Waals surface area contributed by atoms with Crippen LogP contribution in [-0.4, -0.2) is 64.4 Å². The number of hydrogen-bond donors (Lipinski definition) is 1. The van der Waals surface area contributed by atoms with Crippen molar-refractivity contribution in [1.29, 1.82) is 5.26 Å². The number of ether oxygens (including phenoxy) is 1. The van der Waals surface area contributed by atoms with E-state index in [1.807, 2.05) is 12.1 Å². The molecule has 0 aliphatic carbocycles. The third-order valence-electron chi connectivity index (χ3n) is 4.12. The molecule has 9 heteroatoms. The Kier molecular flexibility index (Phi) is 8.29. The third-order valence-corrected chi connectivity index (χ3v) is 5.71. The lowest BCUT2D eigenvalue weighted by Crippen LogP contribution is -2.52. The van der Waals surface area contributed by atoms with Crippen molar-refractivity contribution >= 4 is 40.3 Å². The van der Waals surface area contributed by atoms with Gasteiger partial charge in [-0.2, -0.15) is 5.26 Å². The number of amides is 2. The van der Waals surface area contributed by atoms with E-state index in [1.54, 1.807) is 49.6 Å². The molecule has 1 heterocycles. The molecule has 1 aliphatic rings. The van der Waals surface area contributed by atoms with Crippen LogP contribution in [0.3, 0.4) is 0 Å². The first-order valence-corrected chi connectivity index (χ1v) is 10.7. The van der Waals surface area contributed by atoms with Gasteiger partial charge in [0.1, 0.15) is 16.5 Å². The highest BCUT2D eigenvalue weighted by atomic mass is 32.2. The topological polar surface area (TPSA) is 85.7 Å². The second-order valence-electron chi connectivity index (χ2n) is 7.59. The highest BCUT2D eigenvalue weighted by Crippen LogP contribution is 2.18. The van der Waals surface area contributed by atoms with Crippen LogP contribution in [-0.2, 0) is 15.3 Å². The first-order valence-electron chi connectivity index (χ1n) is 9.33. The standard InChI is InChI=1S/C20H26N4O3S2/c1-20(2,3)27-18(26)22-13-17(25)23-8-10-24(11-9-23)19(28)29-14-16-6-4-15(12-21)5-7-16/h4-7H,8-11,13-14H2,1-3H3,(H,22,26). The van der Waals surface area contributed by atoms with Crippen molar-refractivity contribution in [3.8, 4) is 6.07 Å². The molecule has 1 saturated heterocycles. The molecule has 0 saturated carbocycles. The van der Waals surface area contributed by atoms with Gasteiger partial charge in [-0.15, -0.1) is 0 Å². The van der Waals surface area contributed by atoms with Gasteiger partial charge >= 0.3 is 6.09 Å². The normalized spacial score (nSPS) is 14.1. The highest BCUT2D eigenvalue weighted by molar-refractivity contribution is 8.22. The lowest BCUT2D eigenvalue weighted by atomic mass is 10.2. The summed E-state index contributed by atoms with van der Waals surface area (Å²) in [6, 6.07) is 9.57. The fourth-order valence-corrected chi connectivity index (χ4v) is 3.83. The molecule has 1 N–H and O–H groups in total. The van der Waals surface area contributed by atoms with Crippen molar-refractivity contribution in [2.45, 2.75) is 32.1 Å². The number of carbonyl (C=O) groups excluding carboxylic acids is 2. The maximum absolute atomic E-state index is 12.3. The Morgan fingerprint density at radius 2 is 1.76 bits per heavy atom. The van der Waals surface area contributed by atoms with Gasteiger partial charge in [0.05, 0.1) is 11.6 Å². The number of carbonyl (C=O) groups is 2. The van der Waals surface area contributed by atoms with Gasteiger partial charge in [-0.1, -0.05) is 36.1 Å². The summed E-state index contributed by atoms with van der Waals surface area (Å²) in [6.07, 6.45) is -0.593. The quantitative estimate of drug-likeness (QED) is 0.729. The maximum atomic E-state index is 12.3. The Morgan fingerprint density at radius 3 is 2.31 bits per heavy atom. The molecule has 0 spiro atoms. The smallest absolute Gasteiger partial charge is 0.408 e. The van der Waals surface area contributed by atoms with Gasteiger partial charge in [0, 0.05) is 31.9 Å². The van der Waals surface area contributed by atoms with Gasteiger partial charge in [-0.3, -0.25) is 4.79 Å². The number of rotatable bonds is 4. The van der Waals surface area contributed by atoms with Gasteiger partial charge in [0.15, 0.2) is 0 Å². The molecule has 156 valence electrons. The summed E-state index contributed by atoms with van der Waals surface area (Å²) in [5.74, 6) is 0.607. The van der Waals surface area contributed by atoms with Crippen molar-refractivity contribution in [3.63, 3.8) is 0 Å². The van der Waals surface area contributed by atoms with Crippen molar-refractivity contribution in [1.82, 2.24) is 15.1 Å². The molecule has 7 nitrogen and oxygen atoms in total. The molecule has 1 aromatic carbocycles. The van der Waals surface area contributed by atoms with Crippen LogP contribution in [0.4, 0.5) is 4.79 Å². The molecule has 2 rings (SSSR count). The average Bonchev–Trinajstić information content (AvgIpc) is 2.69. The lowest BCUT2D eigenvalue weighted by Gasteiger charge is -2.36. The number of alkyl carbamates (subject to hydrolysis) is 1. The third kappa shape index (κ3) is 7.91. The Labute approximate surface area is 181 Å². The van der Waals surface area contributed by atoms with Gasteiger partial charge in [0.2, 0.25) is 5.91 Å². The van der Waals surface area contributed by atoms with Crippen LogP contribution < -0.4 is 5.32 Å². The summed E-state index contributed by atoms with van der Waals surface area (Å²) in [5, 5.41) is 11.3. The Hall–Kier alpha value is -2.31. The van der Waals surface area contributed by atoms with E-state index in [-0.39, 0.29) is 12.5 Å². The number of nitriles is 1. The molecular weight excluding hydrogens is 408 g/mol. The van der Waals surface area contributed by atoms with Crippen LogP contribution in [0.15, 0.2) is 24.3 Å². The molecule has 0 unspecified atom stereocenters. The zero-order chi connectivity index (χ0) is 21.4. The Balaban J connectivity index is 1.70. The molecule has 2 amide bonds. The molecule has 0 radical (unpaired) electrons. The predicted octanol–water partition coefficient (Wildman–Crippen LogP) is 2.75. The number of hydrogen-bond acceptors (Lipinski definition) is 6. The van der Waals surface area contributed by atoms with Crippen LogP contribution in [0.25, 0.3) is 0 Å². The largest absolute Gasteiger partial charge is 0.444 e. The van der Waals surface area contributed by atoms with Gasteiger partial charge in [0.25, 0.3) is 0 Å². The van der Waals surface area contributed by atoms with E-state index in [9.17, 15) is 9.59 Å². The molecule has 0 bridgehead atoms. The second-order valence-corrected chi connectivity index (χ2v) is 9.20.